The van der Waals surface area contributed by atoms with E-state index in [1.807, 2.05) is 0 Å². The summed E-state index contributed by atoms with van der Waals surface area (Å²) in [5, 5.41) is 3.53. The summed E-state index contributed by atoms with van der Waals surface area (Å²) in [6.07, 6.45) is 1.25. The normalized spacial score (nSPS) is 12.2. The predicted molar refractivity (Wildman–Crippen MR) is 134 cm³/mol. The van der Waals surface area contributed by atoms with E-state index in [1.54, 1.807) is 25.1 Å². The van der Waals surface area contributed by atoms with Crippen molar-refractivity contribution in [2.45, 2.75) is 25.9 Å². The van der Waals surface area contributed by atoms with Crippen LogP contribution in [0.25, 0.3) is 0 Å². The number of carbonyl (C=O) groups is 2. The molecule has 12 heteroatoms. The molecule has 0 spiro atoms. The number of hydrogen-bond acceptors (Lipinski definition) is 4. The van der Waals surface area contributed by atoms with Crippen molar-refractivity contribution in [1.29, 1.82) is 0 Å². The molecule has 0 aromatic heterocycles. The molecule has 1 N–H and O–H groups in total. The first kappa shape index (κ1) is 27.5. The summed E-state index contributed by atoms with van der Waals surface area (Å²) >= 11 is 24.3. The van der Waals surface area contributed by atoms with E-state index >= 15 is 0 Å². The maximum Gasteiger partial charge on any atom is 0.244 e. The molecule has 0 bridgehead atoms. The van der Waals surface area contributed by atoms with E-state index < -0.39 is 34.4 Å². The predicted octanol–water partition coefficient (Wildman–Crippen LogP) is 4.62. The van der Waals surface area contributed by atoms with Crippen LogP contribution in [0, 0.1) is 0 Å². The Kier molecular flexibility index (Phi) is 9.70. The van der Waals surface area contributed by atoms with Crippen molar-refractivity contribution >= 4 is 73.9 Å². The van der Waals surface area contributed by atoms with Crippen molar-refractivity contribution in [1.82, 2.24) is 10.2 Å². The summed E-state index contributed by atoms with van der Waals surface area (Å²) in [7, 11) is -2.47. The average Bonchev–Trinajstić information content (AvgIpc) is 2.75. The SMILES string of the molecule is CC[C@H](C(=O)NC)N(Cc1ccc(Cl)c(Cl)c1)C(=O)CN(c1cc(Cl)ccc1Cl)S(C)(=O)=O. The zero-order valence-electron chi connectivity index (χ0n) is 18.1. The van der Waals surface area contributed by atoms with Gasteiger partial charge in [-0.1, -0.05) is 59.4 Å². The number of likely N-dealkylation sites (N-methyl/N-ethyl adjacent to an activating group) is 1. The third-order valence-corrected chi connectivity index (χ3v) is 7.25. The van der Waals surface area contributed by atoms with Gasteiger partial charge in [-0.15, -0.1) is 0 Å². The Morgan fingerprint density at radius 1 is 1.00 bits per heavy atom. The monoisotopic (exact) mass is 553 g/mol. The molecule has 0 saturated carbocycles. The van der Waals surface area contributed by atoms with Gasteiger partial charge in [0, 0.05) is 18.6 Å². The van der Waals surface area contributed by atoms with Gasteiger partial charge in [0.05, 0.1) is 27.0 Å². The molecule has 2 aromatic carbocycles. The van der Waals surface area contributed by atoms with Gasteiger partial charge in [0.15, 0.2) is 0 Å². The lowest BCUT2D eigenvalue weighted by Crippen LogP contribution is -2.51. The van der Waals surface area contributed by atoms with Crippen LogP contribution in [0.3, 0.4) is 0 Å². The van der Waals surface area contributed by atoms with Crippen molar-refractivity contribution < 1.29 is 18.0 Å². The summed E-state index contributed by atoms with van der Waals surface area (Å²) in [6, 6.07) is 8.29. The summed E-state index contributed by atoms with van der Waals surface area (Å²) in [4.78, 5) is 27.3. The molecule has 2 aromatic rings. The van der Waals surface area contributed by atoms with Crippen LogP contribution in [-0.4, -0.2) is 51.0 Å². The smallest absolute Gasteiger partial charge is 0.244 e. The van der Waals surface area contributed by atoms with E-state index in [9.17, 15) is 18.0 Å². The number of nitrogens with one attached hydrogen (secondary N) is 1. The molecule has 2 rings (SSSR count). The van der Waals surface area contributed by atoms with Gasteiger partial charge in [0.1, 0.15) is 12.6 Å². The molecule has 0 fully saturated rings. The highest BCUT2D eigenvalue weighted by molar-refractivity contribution is 7.92. The van der Waals surface area contributed by atoms with E-state index in [0.29, 0.717) is 17.0 Å². The molecule has 0 unspecified atom stereocenters. The minimum Gasteiger partial charge on any atom is -0.357 e. The van der Waals surface area contributed by atoms with Crippen LogP contribution in [0.15, 0.2) is 36.4 Å². The number of hydrogen-bond donors (Lipinski definition) is 1. The Morgan fingerprint density at radius 2 is 1.64 bits per heavy atom. The van der Waals surface area contributed by atoms with Crippen molar-refractivity contribution in [2.75, 3.05) is 24.2 Å². The van der Waals surface area contributed by atoms with Gasteiger partial charge < -0.3 is 10.2 Å². The molecule has 180 valence electrons. The molecule has 1 atom stereocenters. The maximum atomic E-state index is 13.5. The van der Waals surface area contributed by atoms with Gasteiger partial charge in [-0.05, 0) is 42.3 Å². The topological polar surface area (TPSA) is 86.8 Å². The highest BCUT2D eigenvalue weighted by atomic mass is 35.5. The Labute approximate surface area is 213 Å². The zero-order valence-corrected chi connectivity index (χ0v) is 22.0. The van der Waals surface area contributed by atoms with Crippen LogP contribution < -0.4 is 9.62 Å². The Balaban J connectivity index is 2.49. The molecular formula is C21H23Cl4N3O4S. The maximum absolute atomic E-state index is 13.5. The fraction of sp³-hybridized carbons (Fsp3) is 0.333. The second-order valence-corrected chi connectivity index (χ2v) is 10.7. The molecule has 0 saturated heterocycles. The van der Waals surface area contributed by atoms with Gasteiger partial charge in [-0.2, -0.15) is 0 Å². The minimum absolute atomic E-state index is 0.00251. The lowest BCUT2D eigenvalue weighted by molar-refractivity contribution is -0.140. The number of anilines is 1. The van der Waals surface area contributed by atoms with Crippen molar-refractivity contribution in [2.24, 2.45) is 0 Å². The van der Waals surface area contributed by atoms with E-state index in [-0.39, 0.29) is 27.3 Å². The third kappa shape index (κ3) is 7.13. The summed E-state index contributed by atoms with van der Waals surface area (Å²) in [5.41, 5.74) is 0.675. The second kappa shape index (κ2) is 11.6. The number of sulfonamides is 1. The van der Waals surface area contributed by atoms with E-state index in [0.717, 1.165) is 10.6 Å². The fourth-order valence-corrected chi connectivity index (χ4v) is 4.80. The summed E-state index contributed by atoms with van der Waals surface area (Å²) in [6.45, 7) is 1.16. The van der Waals surface area contributed by atoms with E-state index in [4.69, 9.17) is 46.4 Å². The summed E-state index contributed by atoms with van der Waals surface area (Å²) < 4.78 is 26.0. The van der Waals surface area contributed by atoms with Gasteiger partial charge in [0.25, 0.3) is 0 Å². The molecule has 2 amide bonds. The zero-order chi connectivity index (χ0) is 24.9. The number of nitrogens with zero attached hydrogens (tertiary/aromatic N) is 2. The molecule has 7 nitrogen and oxygen atoms in total. The Hall–Kier alpha value is -1.71. The molecule has 0 aliphatic rings. The highest BCUT2D eigenvalue weighted by Gasteiger charge is 2.32. The lowest BCUT2D eigenvalue weighted by Gasteiger charge is -2.32. The molecular weight excluding hydrogens is 532 g/mol. The molecule has 0 heterocycles. The van der Waals surface area contributed by atoms with Crippen LogP contribution in [0.1, 0.15) is 18.9 Å². The first-order valence-electron chi connectivity index (χ1n) is 9.76. The Morgan fingerprint density at radius 3 is 2.18 bits per heavy atom. The van der Waals surface area contributed by atoms with Crippen molar-refractivity contribution in [3.63, 3.8) is 0 Å². The number of rotatable bonds is 9. The largest absolute Gasteiger partial charge is 0.357 e. The lowest BCUT2D eigenvalue weighted by atomic mass is 10.1. The first-order valence-corrected chi connectivity index (χ1v) is 13.1. The summed E-state index contributed by atoms with van der Waals surface area (Å²) in [5.74, 6) is -1.00. The van der Waals surface area contributed by atoms with Crippen LogP contribution in [0.4, 0.5) is 5.69 Å². The molecule has 0 aliphatic heterocycles. The number of halogens is 4. The molecule has 0 aliphatic carbocycles. The van der Waals surface area contributed by atoms with E-state index in [1.165, 1.54) is 30.1 Å². The van der Waals surface area contributed by atoms with Crippen LogP contribution in [0.5, 0.6) is 0 Å². The number of benzene rings is 2. The van der Waals surface area contributed by atoms with Gasteiger partial charge >= 0.3 is 0 Å². The fourth-order valence-electron chi connectivity index (χ4n) is 3.19. The standard InChI is InChI=1S/C21H23Cl4N3O4S/c1-4-18(21(30)26-2)27(11-13-5-7-15(23)17(25)9-13)20(29)12-28(33(3,31)32)19-10-14(22)6-8-16(19)24/h5-10,18H,4,11-12H2,1-3H3,(H,26,30)/t18-/m1/s1. The quantitative estimate of drug-likeness (QED) is 0.490. The van der Waals surface area contributed by atoms with Crippen LogP contribution in [0.2, 0.25) is 20.1 Å². The number of amides is 2. The number of carbonyl (C=O) groups excluding carboxylic acids is 2. The third-order valence-electron chi connectivity index (χ3n) is 4.83. The molecule has 33 heavy (non-hydrogen) atoms. The van der Waals surface area contributed by atoms with Crippen LogP contribution in [-0.2, 0) is 26.2 Å². The van der Waals surface area contributed by atoms with Gasteiger partial charge in [0.2, 0.25) is 21.8 Å². The van der Waals surface area contributed by atoms with Gasteiger partial charge in [-0.3, -0.25) is 13.9 Å². The Bertz CT molecular complexity index is 1140. The van der Waals surface area contributed by atoms with Crippen LogP contribution >= 0.6 is 46.4 Å². The average molecular weight is 555 g/mol. The minimum atomic E-state index is -3.93. The van der Waals surface area contributed by atoms with Gasteiger partial charge in [-0.25, -0.2) is 8.42 Å². The van der Waals surface area contributed by atoms with Crippen molar-refractivity contribution in [3.8, 4) is 0 Å². The van der Waals surface area contributed by atoms with E-state index in [2.05, 4.69) is 5.32 Å². The second-order valence-electron chi connectivity index (χ2n) is 7.17. The highest BCUT2D eigenvalue weighted by Crippen LogP contribution is 2.31. The van der Waals surface area contributed by atoms with Crippen molar-refractivity contribution in [3.05, 3.63) is 62.1 Å². The first-order chi connectivity index (χ1) is 15.4. The molecule has 0 radical (unpaired) electrons.